The number of benzene rings is 2. The molecule has 0 aliphatic carbocycles. The van der Waals surface area contributed by atoms with Gasteiger partial charge in [0.1, 0.15) is 0 Å². The monoisotopic (exact) mass is 316 g/mol. The van der Waals surface area contributed by atoms with E-state index in [0.717, 1.165) is 11.1 Å². The fourth-order valence-corrected chi connectivity index (χ4v) is 2.29. The maximum Gasteiger partial charge on any atom is 0.274 e. The first kappa shape index (κ1) is 16.6. The molecular weight excluding hydrogens is 300 g/mol. The zero-order valence-electron chi connectivity index (χ0n) is 12.8. The maximum atomic E-state index is 11.0. The smallest absolute Gasteiger partial charge is 0.274 e. The molecule has 2 aromatic carbocycles. The number of ether oxygens (including phenoxy) is 1. The van der Waals surface area contributed by atoms with Crippen molar-refractivity contribution >= 4 is 11.4 Å². The van der Waals surface area contributed by atoms with E-state index in [1.807, 2.05) is 13.8 Å². The van der Waals surface area contributed by atoms with Crippen molar-refractivity contribution in [3.05, 3.63) is 78.9 Å². The predicted octanol–water partition coefficient (Wildman–Crippen LogP) is 3.84. The van der Waals surface area contributed by atoms with Gasteiger partial charge in [0.15, 0.2) is 0 Å². The van der Waals surface area contributed by atoms with Gasteiger partial charge in [-0.15, -0.1) is 0 Å². The Labute approximate surface area is 132 Å². The van der Waals surface area contributed by atoms with E-state index in [2.05, 4.69) is 0 Å². The molecule has 0 saturated heterocycles. The van der Waals surface area contributed by atoms with Crippen molar-refractivity contribution in [2.45, 2.75) is 27.1 Å². The number of nitrogens with zero attached hydrogens (tertiary/aromatic N) is 2. The van der Waals surface area contributed by atoms with Crippen LogP contribution in [0.1, 0.15) is 22.3 Å². The fourth-order valence-electron chi connectivity index (χ4n) is 2.29. The van der Waals surface area contributed by atoms with Crippen LogP contribution in [0.3, 0.4) is 0 Å². The molecule has 0 heterocycles. The number of hydrogen-bond acceptors (Lipinski definition) is 5. The summed E-state index contributed by atoms with van der Waals surface area (Å²) in [6.07, 6.45) is 0. The lowest BCUT2D eigenvalue weighted by molar-refractivity contribution is -0.386. The summed E-state index contributed by atoms with van der Waals surface area (Å²) in [5.74, 6) is 0. The Hall–Kier alpha value is -2.80. The van der Waals surface area contributed by atoms with Crippen LogP contribution in [0, 0.1) is 34.1 Å². The molecule has 2 rings (SSSR count). The molecule has 7 heteroatoms. The summed E-state index contributed by atoms with van der Waals surface area (Å²) in [4.78, 5) is 21.1. The second-order valence-electron chi connectivity index (χ2n) is 5.27. The highest BCUT2D eigenvalue weighted by atomic mass is 16.6. The van der Waals surface area contributed by atoms with Gasteiger partial charge in [-0.1, -0.05) is 23.3 Å². The molecule has 0 aromatic heterocycles. The fraction of sp³-hybridized carbons (Fsp3) is 0.250. The van der Waals surface area contributed by atoms with Crippen molar-refractivity contribution in [3.8, 4) is 0 Å². The van der Waals surface area contributed by atoms with Crippen molar-refractivity contribution in [1.82, 2.24) is 0 Å². The summed E-state index contributed by atoms with van der Waals surface area (Å²) in [7, 11) is 0. The molecule has 0 aliphatic rings. The highest BCUT2D eigenvalue weighted by molar-refractivity contribution is 5.43. The lowest BCUT2D eigenvalue weighted by Crippen LogP contribution is -2.02. The van der Waals surface area contributed by atoms with Gasteiger partial charge in [-0.3, -0.25) is 20.2 Å². The van der Waals surface area contributed by atoms with E-state index < -0.39 is 9.85 Å². The zero-order valence-corrected chi connectivity index (χ0v) is 12.8. The lowest BCUT2D eigenvalue weighted by Gasteiger charge is -2.07. The van der Waals surface area contributed by atoms with Gasteiger partial charge in [0.05, 0.1) is 34.2 Å². The number of nitro groups is 2. The van der Waals surface area contributed by atoms with Crippen molar-refractivity contribution in [3.63, 3.8) is 0 Å². The minimum absolute atomic E-state index is 0.0170. The molecule has 7 nitrogen and oxygen atoms in total. The number of nitro benzene ring substituents is 2. The van der Waals surface area contributed by atoms with Crippen LogP contribution in [0.2, 0.25) is 0 Å². The molecule has 0 aliphatic heterocycles. The van der Waals surface area contributed by atoms with E-state index in [1.165, 1.54) is 12.1 Å². The molecule has 120 valence electrons. The molecule has 23 heavy (non-hydrogen) atoms. The van der Waals surface area contributed by atoms with Gasteiger partial charge in [-0.05, 0) is 26.0 Å². The highest BCUT2D eigenvalue weighted by Crippen LogP contribution is 2.24. The van der Waals surface area contributed by atoms with Crippen LogP contribution < -0.4 is 0 Å². The molecule has 0 saturated carbocycles. The molecule has 0 N–H and O–H groups in total. The summed E-state index contributed by atoms with van der Waals surface area (Å²) in [6, 6.07) is 9.55. The first-order valence-corrected chi connectivity index (χ1v) is 6.94. The minimum atomic E-state index is -0.465. The first-order valence-electron chi connectivity index (χ1n) is 6.94. The second-order valence-corrected chi connectivity index (χ2v) is 5.27. The highest BCUT2D eigenvalue weighted by Gasteiger charge is 2.16. The number of rotatable bonds is 6. The van der Waals surface area contributed by atoms with Crippen molar-refractivity contribution in [2.75, 3.05) is 0 Å². The molecule has 2 aromatic rings. The Morgan fingerprint density at radius 1 is 0.826 bits per heavy atom. The summed E-state index contributed by atoms with van der Waals surface area (Å²) in [5.41, 5.74) is 2.63. The third kappa shape index (κ3) is 4.10. The molecule has 0 bridgehead atoms. The zero-order chi connectivity index (χ0) is 17.0. The predicted molar refractivity (Wildman–Crippen MR) is 84.2 cm³/mol. The lowest BCUT2D eigenvalue weighted by atomic mass is 10.1. The van der Waals surface area contributed by atoms with E-state index in [-0.39, 0.29) is 24.6 Å². The van der Waals surface area contributed by atoms with Crippen LogP contribution in [0.4, 0.5) is 11.4 Å². The van der Waals surface area contributed by atoms with Crippen LogP contribution >= 0.6 is 0 Å². The Morgan fingerprint density at radius 3 is 1.57 bits per heavy atom. The molecule has 0 unspecified atom stereocenters. The van der Waals surface area contributed by atoms with Crippen LogP contribution in [-0.4, -0.2) is 9.85 Å². The van der Waals surface area contributed by atoms with Crippen LogP contribution in [-0.2, 0) is 18.0 Å². The third-order valence-corrected chi connectivity index (χ3v) is 3.38. The van der Waals surface area contributed by atoms with Crippen molar-refractivity contribution in [1.29, 1.82) is 0 Å². The van der Waals surface area contributed by atoms with Gasteiger partial charge in [0.2, 0.25) is 0 Å². The summed E-state index contributed by atoms with van der Waals surface area (Å²) >= 11 is 0. The SMILES string of the molecule is Cc1ccc([N+](=O)[O-])c(COCc2cc(C)ccc2[N+](=O)[O-])c1. The van der Waals surface area contributed by atoms with Gasteiger partial charge in [0.25, 0.3) is 11.4 Å². The Morgan fingerprint density at radius 2 is 1.22 bits per heavy atom. The third-order valence-electron chi connectivity index (χ3n) is 3.38. The molecule has 0 atom stereocenters. The topological polar surface area (TPSA) is 95.5 Å². The largest absolute Gasteiger partial charge is 0.372 e. The first-order chi connectivity index (χ1) is 10.9. The van der Waals surface area contributed by atoms with Gasteiger partial charge in [-0.2, -0.15) is 0 Å². The van der Waals surface area contributed by atoms with Crippen molar-refractivity contribution < 1.29 is 14.6 Å². The average Bonchev–Trinajstić information content (AvgIpc) is 2.46. The molecule has 0 spiro atoms. The average molecular weight is 316 g/mol. The van der Waals surface area contributed by atoms with E-state index >= 15 is 0 Å². The minimum Gasteiger partial charge on any atom is -0.372 e. The maximum absolute atomic E-state index is 11.0. The summed E-state index contributed by atoms with van der Waals surface area (Å²) in [5, 5.41) is 22.0. The van der Waals surface area contributed by atoms with Crippen LogP contribution in [0.15, 0.2) is 36.4 Å². The second kappa shape index (κ2) is 6.97. The van der Waals surface area contributed by atoms with Gasteiger partial charge >= 0.3 is 0 Å². The van der Waals surface area contributed by atoms with E-state index in [0.29, 0.717) is 11.1 Å². The van der Waals surface area contributed by atoms with Gasteiger partial charge in [-0.25, -0.2) is 0 Å². The quantitative estimate of drug-likeness (QED) is 0.596. The van der Waals surface area contributed by atoms with E-state index in [9.17, 15) is 20.2 Å². The molecule has 0 fully saturated rings. The number of aryl methyl sites for hydroxylation is 2. The summed E-state index contributed by atoms with van der Waals surface area (Å²) in [6.45, 7) is 3.70. The molecular formula is C16H16N2O5. The Kier molecular flexibility index (Phi) is 5.02. The standard InChI is InChI=1S/C16H16N2O5/c1-11-3-5-15(17(19)20)13(7-11)9-23-10-14-8-12(2)4-6-16(14)18(21)22/h3-8H,9-10H2,1-2H3. The Balaban J connectivity index is 2.15. The Bertz CT molecular complexity index is 695. The van der Waals surface area contributed by atoms with Crippen LogP contribution in [0.5, 0.6) is 0 Å². The van der Waals surface area contributed by atoms with Gasteiger partial charge < -0.3 is 4.74 Å². The number of hydrogen-bond donors (Lipinski definition) is 0. The summed E-state index contributed by atoms with van der Waals surface area (Å²) < 4.78 is 5.49. The van der Waals surface area contributed by atoms with Gasteiger partial charge in [0, 0.05) is 12.1 Å². The normalized spacial score (nSPS) is 10.5. The molecule has 0 radical (unpaired) electrons. The van der Waals surface area contributed by atoms with Crippen molar-refractivity contribution in [2.24, 2.45) is 0 Å². The van der Waals surface area contributed by atoms with E-state index in [4.69, 9.17) is 4.74 Å². The van der Waals surface area contributed by atoms with Crippen LogP contribution in [0.25, 0.3) is 0 Å². The van der Waals surface area contributed by atoms with E-state index in [1.54, 1.807) is 24.3 Å². The molecule has 0 amide bonds.